The highest BCUT2D eigenvalue weighted by Crippen LogP contribution is 2.56. The average Bonchev–Trinajstić information content (AvgIpc) is 2.66. The van der Waals surface area contributed by atoms with Crippen molar-refractivity contribution in [2.45, 2.75) is 64.7 Å². The lowest BCUT2D eigenvalue weighted by molar-refractivity contribution is -0.0648. The number of likely N-dealkylation sites (tertiary alicyclic amines) is 1. The summed E-state index contributed by atoms with van der Waals surface area (Å²) in [4.78, 5) is 2.63. The lowest BCUT2D eigenvalue weighted by Gasteiger charge is -2.61. The second-order valence-electron chi connectivity index (χ2n) is 9.47. The standard InChI is InChI=1S/C25H33NO2/c1-18(28-17-19-8-6-5-7-9-19)16-26-13-12-25(4)22-11-10-21(27)14-20(22)15-23(26)24(25,2)3/h5-11,14,18,23,27H,12-13,15-17H2,1-4H3/t18-,23+,25-/m1/s1. The number of nitrogens with zero attached hydrogens (tertiary/aromatic N) is 1. The summed E-state index contributed by atoms with van der Waals surface area (Å²) in [6, 6.07) is 16.9. The fourth-order valence-electron chi connectivity index (χ4n) is 5.45. The quantitative estimate of drug-likeness (QED) is 0.801. The molecule has 2 bridgehead atoms. The van der Waals surface area contributed by atoms with E-state index >= 15 is 0 Å². The maximum absolute atomic E-state index is 10.0. The second kappa shape index (κ2) is 7.20. The van der Waals surface area contributed by atoms with Crippen LogP contribution >= 0.6 is 0 Å². The van der Waals surface area contributed by atoms with Crippen LogP contribution in [0.3, 0.4) is 0 Å². The minimum atomic E-state index is 0.142. The molecule has 1 fully saturated rings. The molecule has 1 heterocycles. The number of hydrogen-bond donors (Lipinski definition) is 1. The second-order valence-corrected chi connectivity index (χ2v) is 9.47. The number of fused-ring (bicyclic) bond motifs is 4. The van der Waals surface area contributed by atoms with Crippen LogP contribution in [0.1, 0.15) is 50.8 Å². The number of ether oxygens (including phenoxy) is 1. The fraction of sp³-hybridized carbons (Fsp3) is 0.520. The van der Waals surface area contributed by atoms with Crippen LogP contribution in [-0.2, 0) is 23.2 Å². The Morgan fingerprint density at radius 3 is 2.64 bits per heavy atom. The third-order valence-corrected chi connectivity index (χ3v) is 7.56. The van der Waals surface area contributed by atoms with Gasteiger partial charge in [-0.3, -0.25) is 4.90 Å². The van der Waals surface area contributed by atoms with Crippen molar-refractivity contribution in [1.82, 2.24) is 4.90 Å². The highest BCUT2D eigenvalue weighted by atomic mass is 16.5. The Morgan fingerprint density at radius 1 is 1.14 bits per heavy atom. The first-order valence-electron chi connectivity index (χ1n) is 10.5. The van der Waals surface area contributed by atoms with E-state index in [1.807, 2.05) is 18.2 Å². The van der Waals surface area contributed by atoms with E-state index in [0.717, 1.165) is 25.9 Å². The summed E-state index contributed by atoms with van der Waals surface area (Å²) in [6.45, 7) is 12.2. The first kappa shape index (κ1) is 19.5. The third kappa shape index (κ3) is 3.25. The number of phenolic OH excluding ortho intramolecular Hbond substituents is 1. The van der Waals surface area contributed by atoms with Gasteiger partial charge in [0.15, 0.2) is 0 Å². The molecule has 2 aliphatic rings. The van der Waals surface area contributed by atoms with Crippen molar-refractivity contribution >= 4 is 0 Å². The molecule has 0 spiro atoms. The van der Waals surface area contributed by atoms with Crippen molar-refractivity contribution in [1.29, 1.82) is 0 Å². The Bertz CT molecular complexity index is 832. The number of hydrogen-bond acceptors (Lipinski definition) is 3. The van der Waals surface area contributed by atoms with Crippen molar-refractivity contribution in [3.05, 3.63) is 65.2 Å². The van der Waals surface area contributed by atoms with Crippen LogP contribution in [0.15, 0.2) is 48.5 Å². The maximum Gasteiger partial charge on any atom is 0.115 e. The van der Waals surface area contributed by atoms with E-state index in [-0.39, 0.29) is 16.9 Å². The molecule has 28 heavy (non-hydrogen) atoms. The Balaban J connectivity index is 1.50. The molecule has 3 atom stereocenters. The van der Waals surface area contributed by atoms with Gasteiger partial charge in [-0.25, -0.2) is 0 Å². The molecule has 3 nitrogen and oxygen atoms in total. The molecule has 0 amide bonds. The van der Waals surface area contributed by atoms with Crippen LogP contribution in [0.25, 0.3) is 0 Å². The first-order chi connectivity index (χ1) is 13.3. The van der Waals surface area contributed by atoms with Crippen LogP contribution in [-0.4, -0.2) is 35.2 Å². The van der Waals surface area contributed by atoms with Gasteiger partial charge in [0.05, 0.1) is 12.7 Å². The predicted octanol–water partition coefficient (Wildman–Crippen LogP) is 4.91. The number of piperidine rings is 1. The molecule has 0 unspecified atom stereocenters. The van der Waals surface area contributed by atoms with Gasteiger partial charge in [0.1, 0.15) is 5.75 Å². The fourth-order valence-corrected chi connectivity index (χ4v) is 5.45. The molecule has 3 heteroatoms. The van der Waals surface area contributed by atoms with Crippen molar-refractivity contribution in [3.8, 4) is 5.75 Å². The summed E-state index contributed by atoms with van der Waals surface area (Å²) in [5, 5.41) is 10.0. The number of benzene rings is 2. The smallest absolute Gasteiger partial charge is 0.115 e. The van der Waals surface area contributed by atoms with Crippen molar-refractivity contribution in [2.75, 3.05) is 13.1 Å². The number of aromatic hydroxyl groups is 1. The average molecular weight is 380 g/mol. The zero-order valence-electron chi connectivity index (χ0n) is 17.6. The van der Waals surface area contributed by atoms with Crippen LogP contribution in [0, 0.1) is 5.41 Å². The molecule has 1 aliphatic carbocycles. The van der Waals surface area contributed by atoms with Crippen LogP contribution in [0.4, 0.5) is 0 Å². The summed E-state index contributed by atoms with van der Waals surface area (Å²) in [5.74, 6) is 0.381. The lowest BCUT2D eigenvalue weighted by atomic mass is 9.51. The van der Waals surface area contributed by atoms with E-state index < -0.39 is 0 Å². The highest BCUT2D eigenvalue weighted by Gasteiger charge is 2.55. The molecule has 0 saturated carbocycles. The molecule has 1 N–H and O–H groups in total. The van der Waals surface area contributed by atoms with E-state index in [9.17, 15) is 5.11 Å². The van der Waals surface area contributed by atoms with E-state index in [1.54, 1.807) is 0 Å². The molecule has 1 aliphatic heterocycles. The predicted molar refractivity (Wildman–Crippen MR) is 114 cm³/mol. The normalized spacial score (nSPS) is 27.2. The van der Waals surface area contributed by atoms with Crippen LogP contribution in [0.2, 0.25) is 0 Å². The Morgan fingerprint density at radius 2 is 1.89 bits per heavy atom. The maximum atomic E-state index is 10.0. The molecule has 2 aromatic carbocycles. The Hall–Kier alpha value is -1.84. The summed E-state index contributed by atoms with van der Waals surface area (Å²) in [6.07, 6.45) is 2.32. The van der Waals surface area contributed by atoms with Gasteiger partial charge in [0, 0.05) is 18.0 Å². The van der Waals surface area contributed by atoms with Gasteiger partial charge in [-0.05, 0) is 60.5 Å². The first-order valence-corrected chi connectivity index (χ1v) is 10.5. The minimum absolute atomic E-state index is 0.142. The summed E-state index contributed by atoms with van der Waals surface area (Å²) in [5.41, 5.74) is 4.29. The van der Waals surface area contributed by atoms with Gasteiger partial charge in [-0.2, -0.15) is 0 Å². The zero-order valence-corrected chi connectivity index (χ0v) is 17.6. The van der Waals surface area contributed by atoms with E-state index in [1.165, 1.54) is 16.7 Å². The molecule has 1 saturated heterocycles. The van der Waals surface area contributed by atoms with Gasteiger partial charge >= 0.3 is 0 Å². The van der Waals surface area contributed by atoms with Crippen LogP contribution in [0.5, 0.6) is 5.75 Å². The molecular formula is C25H33NO2. The zero-order chi connectivity index (χ0) is 19.9. The van der Waals surface area contributed by atoms with Gasteiger partial charge in [0.2, 0.25) is 0 Å². The largest absolute Gasteiger partial charge is 0.508 e. The van der Waals surface area contributed by atoms with Gasteiger partial charge in [-0.15, -0.1) is 0 Å². The van der Waals surface area contributed by atoms with Gasteiger partial charge < -0.3 is 9.84 Å². The monoisotopic (exact) mass is 379 g/mol. The lowest BCUT2D eigenvalue weighted by Crippen LogP contribution is -2.64. The Kier molecular flexibility index (Phi) is 5.01. The van der Waals surface area contributed by atoms with Crippen molar-refractivity contribution in [2.24, 2.45) is 5.41 Å². The van der Waals surface area contributed by atoms with E-state index in [0.29, 0.717) is 18.4 Å². The summed E-state index contributed by atoms with van der Waals surface area (Å²) >= 11 is 0. The molecule has 0 aromatic heterocycles. The molecular weight excluding hydrogens is 346 g/mol. The molecule has 4 rings (SSSR count). The van der Waals surface area contributed by atoms with Crippen LogP contribution < -0.4 is 0 Å². The summed E-state index contributed by atoms with van der Waals surface area (Å²) < 4.78 is 6.17. The Labute approximate surface area is 169 Å². The van der Waals surface area contributed by atoms with Gasteiger partial charge in [0.25, 0.3) is 0 Å². The topological polar surface area (TPSA) is 32.7 Å². The van der Waals surface area contributed by atoms with Gasteiger partial charge in [-0.1, -0.05) is 57.2 Å². The van der Waals surface area contributed by atoms with E-state index in [2.05, 4.69) is 62.9 Å². The molecule has 2 aromatic rings. The molecule has 150 valence electrons. The highest BCUT2D eigenvalue weighted by molar-refractivity contribution is 5.45. The minimum Gasteiger partial charge on any atom is -0.508 e. The number of phenols is 1. The van der Waals surface area contributed by atoms with Crippen molar-refractivity contribution in [3.63, 3.8) is 0 Å². The SMILES string of the molecule is C[C@H](CN1CC[C@]2(C)c3ccc(O)cc3C[C@H]1C2(C)C)OCc1ccccc1. The molecule has 0 radical (unpaired) electrons. The number of rotatable bonds is 5. The van der Waals surface area contributed by atoms with E-state index in [4.69, 9.17) is 4.74 Å². The van der Waals surface area contributed by atoms with Crippen molar-refractivity contribution < 1.29 is 9.84 Å². The summed E-state index contributed by atoms with van der Waals surface area (Å²) in [7, 11) is 0. The third-order valence-electron chi connectivity index (χ3n) is 7.56.